The predicted molar refractivity (Wildman–Crippen MR) is 91.1 cm³/mol. The zero-order valence-electron chi connectivity index (χ0n) is 13.2. The number of imidazole rings is 1. The number of anilines is 1. The van der Waals surface area contributed by atoms with E-state index >= 15 is 0 Å². The second-order valence-electron chi connectivity index (χ2n) is 6.34. The number of nitrogens with zero attached hydrogens (tertiary/aromatic N) is 3. The molecule has 3 heteroatoms. The second kappa shape index (κ2) is 4.87. The maximum atomic E-state index is 4.54. The first-order valence-corrected chi connectivity index (χ1v) is 7.91. The molecule has 4 rings (SSSR count). The number of hydrogen-bond donors (Lipinski definition) is 0. The zero-order valence-corrected chi connectivity index (χ0v) is 13.2. The molecule has 0 radical (unpaired) electrons. The van der Waals surface area contributed by atoms with Gasteiger partial charge in [0.2, 0.25) is 5.95 Å². The van der Waals surface area contributed by atoms with E-state index in [4.69, 9.17) is 0 Å². The average molecular weight is 291 g/mol. The molecule has 1 saturated carbocycles. The number of aryl methyl sites for hydroxylation is 1. The summed E-state index contributed by atoms with van der Waals surface area (Å²) in [7, 11) is 4.24. The van der Waals surface area contributed by atoms with E-state index in [-0.39, 0.29) is 5.54 Å². The minimum absolute atomic E-state index is 0.0865. The molecule has 22 heavy (non-hydrogen) atoms. The summed E-state index contributed by atoms with van der Waals surface area (Å²) in [6, 6.07) is 15.5. The molecule has 0 unspecified atom stereocenters. The highest BCUT2D eigenvalue weighted by molar-refractivity contribution is 5.83. The molecule has 3 nitrogen and oxygen atoms in total. The molecule has 1 aromatic heterocycles. The normalized spacial score (nSPS) is 16.5. The van der Waals surface area contributed by atoms with Crippen LogP contribution < -0.4 is 4.90 Å². The van der Waals surface area contributed by atoms with Crippen LogP contribution in [-0.2, 0) is 12.6 Å². The summed E-state index contributed by atoms with van der Waals surface area (Å²) in [4.78, 5) is 6.90. The number of aromatic nitrogens is 2. The van der Waals surface area contributed by atoms with Crippen molar-refractivity contribution in [2.75, 3.05) is 11.9 Å². The van der Waals surface area contributed by atoms with Crippen LogP contribution in [0.15, 0.2) is 54.9 Å². The fourth-order valence-electron chi connectivity index (χ4n) is 3.68. The fraction of sp³-hybridized carbons (Fsp3) is 0.316. The number of rotatable bonds is 3. The molecule has 0 bridgehead atoms. The van der Waals surface area contributed by atoms with Gasteiger partial charge in [-0.3, -0.25) is 0 Å². The Bertz CT molecular complexity index is 814. The molecular formula is C19H21N3. The van der Waals surface area contributed by atoms with Crippen LogP contribution >= 0.6 is 0 Å². The van der Waals surface area contributed by atoms with Gasteiger partial charge < -0.3 is 9.47 Å². The van der Waals surface area contributed by atoms with Crippen molar-refractivity contribution in [3.63, 3.8) is 0 Å². The highest BCUT2D eigenvalue weighted by Crippen LogP contribution is 2.47. The summed E-state index contributed by atoms with van der Waals surface area (Å²) in [6.07, 6.45) is 7.54. The Kier molecular flexibility index (Phi) is 2.96. The van der Waals surface area contributed by atoms with Crippen LogP contribution in [0.1, 0.15) is 24.8 Å². The van der Waals surface area contributed by atoms with Crippen LogP contribution in [0.25, 0.3) is 10.8 Å². The van der Waals surface area contributed by atoms with E-state index in [0.29, 0.717) is 0 Å². The van der Waals surface area contributed by atoms with Gasteiger partial charge in [-0.2, -0.15) is 0 Å². The van der Waals surface area contributed by atoms with Crippen molar-refractivity contribution >= 4 is 16.7 Å². The van der Waals surface area contributed by atoms with Gasteiger partial charge in [0.05, 0.1) is 5.54 Å². The lowest BCUT2D eigenvalue weighted by molar-refractivity contribution is 0.237. The minimum atomic E-state index is 0.0865. The van der Waals surface area contributed by atoms with Crippen molar-refractivity contribution in [3.05, 3.63) is 60.4 Å². The number of benzene rings is 2. The van der Waals surface area contributed by atoms with Gasteiger partial charge in [-0.25, -0.2) is 4.98 Å². The average Bonchev–Trinajstić information content (AvgIpc) is 2.92. The van der Waals surface area contributed by atoms with Gasteiger partial charge in [0.1, 0.15) is 0 Å². The summed E-state index contributed by atoms with van der Waals surface area (Å²) in [6.45, 7) is 0. The Hall–Kier alpha value is -2.29. The molecule has 0 spiro atoms. The van der Waals surface area contributed by atoms with Gasteiger partial charge in [-0.05, 0) is 41.7 Å². The topological polar surface area (TPSA) is 21.1 Å². The first-order chi connectivity index (χ1) is 10.7. The Morgan fingerprint density at radius 3 is 2.50 bits per heavy atom. The van der Waals surface area contributed by atoms with E-state index in [1.807, 2.05) is 12.4 Å². The summed E-state index contributed by atoms with van der Waals surface area (Å²) < 4.78 is 2.10. The van der Waals surface area contributed by atoms with E-state index in [1.54, 1.807) is 0 Å². The Balaban J connectivity index is 1.81. The molecule has 1 heterocycles. The molecule has 3 aromatic rings. The van der Waals surface area contributed by atoms with Gasteiger partial charge >= 0.3 is 0 Å². The maximum Gasteiger partial charge on any atom is 0.205 e. The van der Waals surface area contributed by atoms with Gasteiger partial charge in [-0.15, -0.1) is 0 Å². The molecule has 1 aliphatic carbocycles. The first kappa shape index (κ1) is 13.4. The summed E-state index contributed by atoms with van der Waals surface area (Å²) in [5, 5.41) is 2.62. The molecule has 0 saturated heterocycles. The van der Waals surface area contributed by atoms with E-state index in [9.17, 15) is 0 Å². The lowest BCUT2D eigenvalue weighted by Crippen LogP contribution is -2.50. The molecule has 0 aliphatic heterocycles. The quantitative estimate of drug-likeness (QED) is 0.724. The SMILES string of the molecule is CN(c1nccn1C)C1(c2ccc3ccccc3c2)CCC1. The van der Waals surface area contributed by atoms with Crippen LogP contribution in [0.2, 0.25) is 0 Å². The lowest BCUT2D eigenvalue weighted by Gasteiger charge is -2.49. The van der Waals surface area contributed by atoms with E-state index < -0.39 is 0 Å². The van der Waals surface area contributed by atoms with Crippen molar-refractivity contribution in [2.45, 2.75) is 24.8 Å². The van der Waals surface area contributed by atoms with Gasteiger partial charge in [0, 0.05) is 26.5 Å². The Labute approximate surface area is 131 Å². The molecule has 1 aliphatic rings. The van der Waals surface area contributed by atoms with Gasteiger partial charge in [0.25, 0.3) is 0 Å². The molecular weight excluding hydrogens is 270 g/mol. The molecule has 1 fully saturated rings. The predicted octanol–water partition coefficient (Wildman–Crippen LogP) is 4.09. The third-order valence-electron chi connectivity index (χ3n) is 5.21. The number of fused-ring (bicyclic) bond motifs is 1. The second-order valence-corrected chi connectivity index (χ2v) is 6.34. The van der Waals surface area contributed by atoms with E-state index in [1.165, 1.54) is 35.6 Å². The van der Waals surface area contributed by atoms with E-state index in [0.717, 1.165) is 5.95 Å². The van der Waals surface area contributed by atoms with Crippen LogP contribution in [0.3, 0.4) is 0 Å². The lowest BCUT2D eigenvalue weighted by atomic mass is 9.70. The fourth-order valence-corrected chi connectivity index (χ4v) is 3.68. The monoisotopic (exact) mass is 291 g/mol. The number of hydrogen-bond acceptors (Lipinski definition) is 2. The summed E-state index contributed by atoms with van der Waals surface area (Å²) in [5.74, 6) is 1.04. The van der Waals surface area contributed by atoms with Crippen LogP contribution in [0.4, 0.5) is 5.95 Å². The van der Waals surface area contributed by atoms with E-state index in [2.05, 4.69) is 71.0 Å². The molecule has 2 aromatic carbocycles. The summed E-state index contributed by atoms with van der Waals surface area (Å²) >= 11 is 0. The van der Waals surface area contributed by atoms with Crippen LogP contribution in [0, 0.1) is 0 Å². The van der Waals surface area contributed by atoms with Crippen molar-refractivity contribution in [1.82, 2.24) is 9.55 Å². The molecule has 0 amide bonds. The maximum absolute atomic E-state index is 4.54. The highest BCUT2D eigenvalue weighted by atomic mass is 15.3. The highest BCUT2D eigenvalue weighted by Gasteiger charge is 2.43. The molecule has 0 atom stereocenters. The van der Waals surface area contributed by atoms with Crippen molar-refractivity contribution in [2.24, 2.45) is 7.05 Å². The third-order valence-corrected chi connectivity index (χ3v) is 5.21. The van der Waals surface area contributed by atoms with Crippen LogP contribution in [0.5, 0.6) is 0 Å². The Morgan fingerprint density at radius 1 is 1.09 bits per heavy atom. The summed E-state index contributed by atoms with van der Waals surface area (Å²) in [5.41, 5.74) is 1.49. The smallest absolute Gasteiger partial charge is 0.205 e. The first-order valence-electron chi connectivity index (χ1n) is 7.91. The van der Waals surface area contributed by atoms with Gasteiger partial charge in [-0.1, -0.05) is 36.4 Å². The minimum Gasteiger partial charge on any atom is -0.336 e. The third kappa shape index (κ3) is 1.85. The largest absolute Gasteiger partial charge is 0.336 e. The zero-order chi connectivity index (χ0) is 15.2. The molecule has 0 N–H and O–H groups in total. The Morgan fingerprint density at radius 2 is 1.86 bits per heavy atom. The van der Waals surface area contributed by atoms with Crippen molar-refractivity contribution < 1.29 is 0 Å². The van der Waals surface area contributed by atoms with Crippen molar-refractivity contribution in [1.29, 1.82) is 0 Å². The van der Waals surface area contributed by atoms with Gasteiger partial charge in [0.15, 0.2) is 0 Å². The van der Waals surface area contributed by atoms with Crippen LogP contribution in [-0.4, -0.2) is 16.6 Å². The molecule has 112 valence electrons. The standard InChI is InChI=1S/C19H21N3/c1-21-13-12-20-18(21)22(2)19(10-5-11-19)17-9-8-15-6-3-4-7-16(15)14-17/h3-4,6-9,12-14H,5,10-11H2,1-2H3. The van der Waals surface area contributed by atoms with Crippen molar-refractivity contribution in [3.8, 4) is 0 Å².